The molecule has 1 aliphatic carbocycles. The molecule has 1 atom stereocenters. The van der Waals surface area contributed by atoms with E-state index in [1.54, 1.807) is 0 Å². The zero-order chi connectivity index (χ0) is 12.0. The number of nitrogens with zero attached hydrogens (tertiary/aromatic N) is 1. The average molecular weight is 227 g/mol. The van der Waals surface area contributed by atoms with Crippen molar-refractivity contribution in [1.82, 2.24) is 4.98 Å². The summed E-state index contributed by atoms with van der Waals surface area (Å²) in [5, 5.41) is 0. The van der Waals surface area contributed by atoms with E-state index in [1.165, 1.54) is 26.3 Å². The lowest BCUT2D eigenvalue weighted by Crippen LogP contribution is -2.12. The molecule has 0 saturated heterocycles. The second-order valence-electron chi connectivity index (χ2n) is 4.15. The van der Waals surface area contributed by atoms with Crippen LogP contribution < -0.4 is 4.74 Å². The van der Waals surface area contributed by atoms with Gasteiger partial charge in [0.15, 0.2) is 6.29 Å². The van der Waals surface area contributed by atoms with E-state index in [9.17, 15) is 13.6 Å². The Kier molecular flexibility index (Phi) is 2.22. The van der Waals surface area contributed by atoms with Crippen LogP contribution in [-0.2, 0) is 5.41 Å². The maximum absolute atomic E-state index is 13.1. The molecule has 5 heteroatoms. The van der Waals surface area contributed by atoms with E-state index in [0.717, 1.165) is 0 Å². The van der Waals surface area contributed by atoms with Gasteiger partial charge in [-0.15, -0.1) is 0 Å². The minimum atomic E-state index is -2.70. The third-order valence-electron chi connectivity index (χ3n) is 3.09. The molecule has 0 aromatic carbocycles. The Morgan fingerprint density at radius 1 is 1.56 bits per heavy atom. The Hall–Kier alpha value is -1.52. The molecule has 0 aliphatic heterocycles. The number of aldehydes is 1. The molecule has 86 valence electrons. The first-order valence-electron chi connectivity index (χ1n) is 4.82. The molecule has 1 aromatic rings. The van der Waals surface area contributed by atoms with Crippen LogP contribution in [0.15, 0.2) is 12.3 Å². The zero-order valence-corrected chi connectivity index (χ0v) is 8.96. The fourth-order valence-electron chi connectivity index (χ4n) is 1.74. The molecule has 3 nitrogen and oxygen atoms in total. The molecule has 0 spiro atoms. The number of methoxy groups -OCH3 is 1. The van der Waals surface area contributed by atoms with Gasteiger partial charge in [0, 0.05) is 12.6 Å². The standard InChI is InChI=1S/C11H11F2NO2/c1-10(6-11(10,12)13)8-3-7(5-15)9(16-2)14-4-8/h3-5H,6H2,1-2H3. The molecule has 1 unspecified atom stereocenters. The number of alkyl halides is 2. The molecule has 0 N–H and O–H groups in total. The van der Waals surface area contributed by atoms with Crippen molar-refractivity contribution in [3.63, 3.8) is 0 Å². The molecule has 0 radical (unpaired) electrons. The van der Waals surface area contributed by atoms with Crippen molar-refractivity contribution in [2.45, 2.75) is 24.7 Å². The number of ether oxygens (including phenoxy) is 1. The van der Waals surface area contributed by atoms with Crippen molar-refractivity contribution < 1.29 is 18.3 Å². The Morgan fingerprint density at radius 2 is 2.19 bits per heavy atom. The molecular formula is C11H11F2NO2. The normalized spacial score (nSPS) is 26.2. The van der Waals surface area contributed by atoms with Gasteiger partial charge in [-0.05, 0) is 18.6 Å². The number of rotatable bonds is 3. The van der Waals surface area contributed by atoms with Crippen molar-refractivity contribution in [1.29, 1.82) is 0 Å². The van der Waals surface area contributed by atoms with Gasteiger partial charge in [0.2, 0.25) is 5.88 Å². The van der Waals surface area contributed by atoms with Crippen LogP contribution in [0.25, 0.3) is 0 Å². The first kappa shape index (κ1) is 11.0. The minimum absolute atomic E-state index is 0.159. The van der Waals surface area contributed by atoms with Crippen LogP contribution in [0.2, 0.25) is 0 Å². The van der Waals surface area contributed by atoms with Gasteiger partial charge in [-0.2, -0.15) is 0 Å². The van der Waals surface area contributed by atoms with E-state index in [1.807, 2.05) is 0 Å². The highest BCUT2D eigenvalue weighted by molar-refractivity contribution is 5.78. The van der Waals surface area contributed by atoms with Crippen LogP contribution in [0.1, 0.15) is 29.3 Å². The molecule has 1 aliphatic rings. The van der Waals surface area contributed by atoms with Gasteiger partial charge in [0.05, 0.1) is 18.1 Å². The van der Waals surface area contributed by atoms with E-state index >= 15 is 0 Å². The van der Waals surface area contributed by atoms with Gasteiger partial charge in [0.25, 0.3) is 5.92 Å². The molecule has 1 saturated carbocycles. The summed E-state index contributed by atoms with van der Waals surface area (Å²) in [7, 11) is 1.38. The number of hydrogen-bond donors (Lipinski definition) is 0. The van der Waals surface area contributed by atoms with Crippen LogP contribution in [0.5, 0.6) is 5.88 Å². The Bertz CT molecular complexity index is 448. The van der Waals surface area contributed by atoms with Crippen LogP contribution in [0.3, 0.4) is 0 Å². The van der Waals surface area contributed by atoms with Gasteiger partial charge in [-0.25, -0.2) is 13.8 Å². The summed E-state index contributed by atoms with van der Waals surface area (Å²) >= 11 is 0. The van der Waals surface area contributed by atoms with Crippen molar-refractivity contribution in [3.05, 3.63) is 23.4 Å². The minimum Gasteiger partial charge on any atom is -0.480 e. The lowest BCUT2D eigenvalue weighted by molar-refractivity contribution is 0.0917. The molecular weight excluding hydrogens is 216 g/mol. The third-order valence-corrected chi connectivity index (χ3v) is 3.09. The van der Waals surface area contributed by atoms with Crippen molar-refractivity contribution >= 4 is 6.29 Å². The molecule has 0 amide bonds. The van der Waals surface area contributed by atoms with Crippen LogP contribution in [0.4, 0.5) is 8.78 Å². The zero-order valence-electron chi connectivity index (χ0n) is 8.96. The van der Waals surface area contributed by atoms with Gasteiger partial charge < -0.3 is 4.74 Å². The van der Waals surface area contributed by atoms with E-state index in [2.05, 4.69) is 4.98 Å². The summed E-state index contributed by atoms with van der Waals surface area (Å²) < 4.78 is 31.1. The number of carbonyl (C=O) groups excluding carboxylic acids is 1. The molecule has 1 heterocycles. The van der Waals surface area contributed by atoms with Crippen LogP contribution >= 0.6 is 0 Å². The first-order valence-corrected chi connectivity index (χ1v) is 4.82. The van der Waals surface area contributed by atoms with E-state index in [0.29, 0.717) is 11.8 Å². The summed E-state index contributed by atoms with van der Waals surface area (Å²) in [5.41, 5.74) is -0.617. The Balaban J connectivity index is 2.42. The summed E-state index contributed by atoms with van der Waals surface area (Å²) in [6, 6.07) is 1.42. The van der Waals surface area contributed by atoms with Gasteiger partial charge in [-0.3, -0.25) is 4.79 Å². The lowest BCUT2D eigenvalue weighted by Gasteiger charge is -2.11. The molecule has 16 heavy (non-hydrogen) atoms. The van der Waals surface area contributed by atoms with E-state index < -0.39 is 11.3 Å². The van der Waals surface area contributed by atoms with Crippen LogP contribution in [0, 0.1) is 0 Å². The number of aromatic nitrogens is 1. The lowest BCUT2D eigenvalue weighted by atomic mass is 9.98. The Labute approximate surface area is 91.4 Å². The summed E-state index contributed by atoms with van der Waals surface area (Å²) in [6.45, 7) is 1.46. The number of pyridine rings is 1. The van der Waals surface area contributed by atoms with Crippen LogP contribution in [-0.4, -0.2) is 24.3 Å². The van der Waals surface area contributed by atoms with E-state index in [4.69, 9.17) is 4.74 Å². The highest BCUT2D eigenvalue weighted by Crippen LogP contribution is 2.61. The van der Waals surface area contributed by atoms with Gasteiger partial charge in [0.1, 0.15) is 0 Å². The van der Waals surface area contributed by atoms with Crippen molar-refractivity contribution in [2.24, 2.45) is 0 Å². The smallest absolute Gasteiger partial charge is 0.258 e. The summed E-state index contributed by atoms with van der Waals surface area (Å²) in [6.07, 6.45) is 1.69. The van der Waals surface area contributed by atoms with Gasteiger partial charge >= 0.3 is 0 Å². The number of hydrogen-bond acceptors (Lipinski definition) is 3. The summed E-state index contributed by atoms with van der Waals surface area (Å²) in [4.78, 5) is 14.6. The number of halogens is 2. The third kappa shape index (κ3) is 1.38. The van der Waals surface area contributed by atoms with Crippen molar-refractivity contribution in [3.8, 4) is 5.88 Å². The maximum atomic E-state index is 13.1. The fourth-order valence-corrected chi connectivity index (χ4v) is 1.74. The number of carbonyl (C=O) groups is 1. The fraction of sp³-hybridized carbons (Fsp3) is 0.455. The highest BCUT2D eigenvalue weighted by atomic mass is 19.3. The molecule has 0 bridgehead atoms. The monoisotopic (exact) mass is 227 g/mol. The van der Waals surface area contributed by atoms with Gasteiger partial charge in [-0.1, -0.05) is 0 Å². The topological polar surface area (TPSA) is 39.2 Å². The second kappa shape index (κ2) is 3.23. The Morgan fingerprint density at radius 3 is 2.62 bits per heavy atom. The summed E-state index contributed by atoms with van der Waals surface area (Å²) in [5.74, 6) is -2.55. The second-order valence-corrected chi connectivity index (χ2v) is 4.15. The quantitative estimate of drug-likeness (QED) is 0.743. The SMILES string of the molecule is COc1ncc(C2(C)CC2(F)F)cc1C=O. The molecule has 1 fully saturated rings. The van der Waals surface area contributed by atoms with Crippen molar-refractivity contribution in [2.75, 3.05) is 7.11 Å². The molecule has 1 aromatic heterocycles. The average Bonchev–Trinajstić information content (AvgIpc) is 2.78. The largest absolute Gasteiger partial charge is 0.480 e. The predicted octanol–water partition coefficient (Wildman–Crippen LogP) is 2.20. The maximum Gasteiger partial charge on any atom is 0.258 e. The highest BCUT2D eigenvalue weighted by Gasteiger charge is 2.68. The molecule has 2 rings (SSSR count). The van der Waals surface area contributed by atoms with E-state index in [-0.39, 0.29) is 17.9 Å². The predicted molar refractivity (Wildman–Crippen MR) is 53.1 cm³/mol. The first-order chi connectivity index (χ1) is 7.44.